The van der Waals surface area contributed by atoms with E-state index in [-0.39, 0.29) is 28.9 Å². The molecule has 2 aliphatic rings. The molecule has 0 bridgehead atoms. The van der Waals surface area contributed by atoms with Crippen LogP contribution in [0.15, 0.2) is 30.3 Å². The molecule has 5 heteroatoms. The summed E-state index contributed by atoms with van der Waals surface area (Å²) in [6.07, 6.45) is 3.86. The second-order valence-electron chi connectivity index (χ2n) is 10.7. The molecule has 1 saturated carbocycles. The molecule has 0 spiro atoms. The summed E-state index contributed by atoms with van der Waals surface area (Å²) in [6.45, 7) is 11.1. The van der Waals surface area contributed by atoms with Gasteiger partial charge in [-0.05, 0) is 43.7 Å². The average molecular weight is 416 g/mol. The molecule has 30 heavy (non-hydrogen) atoms. The standard InChI is InChI=1S/C25H41N3O2/c1-24(2,3)18-23(30)26-19-25(20-8-6-5-7-9-20)12-10-21(22(29)11-13-25)28-16-14-27(4)15-17-28/h5-9,21-22,29H,10-19H2,1-4H3,(H,26,30)/t21-,22-,25-/m0/s1. The van der Waals surface area contributed by atoms with E-state index in [9.17, 15) is 9.90 Å². The molecule has 0 unspecified atom stereocenters. The van der Waals surface area contributed by atoms with Crippen molar-refractivity contribution >= 4 is 5.91 Å². The van der Waals surface area contributed by atoms with Crippen molar-refractivity contribution in [3.05, 3.63) is 35.9 Å². The van der Waals surface area contributed by atoms with E-state index in [1.807, 2.05) is 6.07 Å². The van der Waals surface area contributed by atoms with Gasteiger partial charge in [-0.15, -0.1) is 0 Å². The van der Waals surface area contributed by atoms with Gasteiger partial charge >= 0.3 is 0 Å². The topological polar surface area (TPSA) is 55.8 Å². The number of nitrogens with zero attached hydrogens (tertiary/aromatic N) is 2. The Kier molecular flexibility index (Phi) is 7.59. The first kappa shape index (κ1) is 23.2. The number of aliphatic hydroxyl groups is 1. The van der Waals surface area contributed by atoms with Gasteiger partial charge in [0.05, 0.1) is 6.10 Å². The number of rotatable bonds is 5. The van der Waals surface area contributed by atoms with Crippen LogP contribution in [-0.4, -0.2) is 72.7 Å². The quantitative estimate of drug-likeness (QED) is 0.726. The van der Waals surface area contributed by atoms with Crippen LogP contribution in [0.4, 0.5) is 0 Å². The average Bonchev–Trinajstić information content (AvgIpc) is 2.87. The summed E-state index contributed by atoms with van der Waals surface area (Å²) >= 11 is 0. The van der Waals surface area contributed by atoms with Gasteiger partial charge in [-0.3, -0.25) is 9.69 Å². The number of hydrogen-bond acceptors (Lipinski definition) is 4. The molecule has 2 N–H and O–H groups in total. The number of likely N-dealkylation sites (N-methyl/N-ethyl adjacent to an activating group) is 1. The second-order valence-corrected chi connectivity index (χ2v) is 10.7. The van der Waals surface area contributed by atoms with Crippen LogP contribution in [0.1, 0.15) is 58.4 Å². The molecule has 1 aliphatic heterocycles. The SMILES string of the molecule is CN1CCN([C@H]2CC[C@](CNC(=O)CC(C)(C)C)(c3ccccc3)CC[C@@H]2O)CC1. The van der Waals surface area contributed by atoms with Crippen LogP contribution in [0.2, 0.25) is 0 Å². The van der Waals surface area contributed by atoms with Crippen LogP contribution in [0.3, 0.4) is 0 Å². The van der Waals surface area contributed by atoms with Crippen LogP contribution in [-0.2, 0) is 10.2 Å². The summed E-state index contributed by atoms with van der Waals surface area (Å²) in [5.74, 6) is 0.123. The van der Waals surface area contributed by atoms with Crippen molar-refractivity contribution in [3.8, 4) is 0 Å². The Morgan fingerprint density at radius 1 is 1.10 bits per heavy atom. The van der Waals surface area contributed by atoms with Gasteiger partial charge in [-0.2, -0.15) is 0 Å². The van der Waals surface area contributed by atoms with Crippen LogP contribution in [0.5, 0.6) is 0 Å². The van der Waals surface area contributed by atoms with Gasteiger partial charge in [-0.1, -0.05) is 51.1 Å². The number of carbonyl (C=O) groups is 1. The van der Waals surface area contributed by atoms with E-state index in [1.165, 1.54) is 5.56 Å². The molecule has 1 aromatic carbocycles. The molecule has 1 aromatic rings. The van der Waals surface area contributed by atoms with Crippen LogP contribution >= 0.6 is 0 Å². The van der Waals surface area contributed by atoms with Crippen molar-refractivity contribution in [2.45, 2.75) is 70.4 Å². The third kappa shape index (κ3) is 6.05. The zero-order valence-corrected chi connectivity index (χ0v) is 19.4. The van der Waals surface area contributed by atoms with E-state index in [2.05, 4.69) is 67.2 Å². The maximum atomic E-state index is 12.6. The van der Waals surface area contributed by atoms with Gasteiger partial charge in [0.2, 0.25) is 5.91 Å². The van der Waals surface area contributed by atoms with Gasteiger partial charge in [0.25, 0.3) is 0 Å². The third-order valence-corrected chi connectivity index (χ3v) is 6.99. The fourth-order valence-corrected chi connectivity index (χ4v) is 5.11. The maximum Gasteiger partial charge on any atom is 0.220 e. The van der Waals surface area contributed by atoms with E-state index in [0.29, 0.717) is 13.0 Å². The smallest absolute Gasteiger partial charge is 0.220 e. The molecule has 1 heterocycles. The summed E-state index contributed by atoms with van der Waals surface area (Å²) in [7, 11) is 2.17. The number of hydrogen-bond donors (Lipinski definition) is 2. The molecule has 0 radical (unpaired) electrons. The van der Waals surface area contributed by atoms with Crippen molar-refractivity contribution in [1.29, 1.82) is 0 Å². The molecule has 1 amide bonds. The highest BCUT2D eigenvalue weighted by Gasteiger charge is 2.40. The van der Waals surface area contributed by atoms with Crippen LogP contribution in [0.25, 0.3) is 0 Å². The molecule has 5 nitrogen and oxygen atoms in total. The van der Waals surface area contributed by atoms with Gasteiger partial charge in [-0.25, -0.2) is 0 Å². The molecule has 1 aliphatic carbocycles. The van der Waals surface area contributed by atoms with Gasteiger partial charge < -0.3 is 15.3 Å². The molecule has 1 saturated heterocycles. The number of carbonyl (C=O) groups excluding carboxylic acids is 1. The van der Waals surface area contributed by atoms with Crippen molar-refractivity contribution in [1.82, 2.24) is 15.1 Å². The number of amides is 1. The highest BCUT2D eigenvalue weighted by atomic mass is 16.3. The molecule has 2 fully saturated rings. The van der Waals surface area contributed by atoms with Crippen molar-refractivity contribution in [2.75, 3.05) is 39.8 Å². The molecule has 0 aromatic heterocycles. The molecule has 168 valence electrons. The highest BCUT2D eigenvalue weighted by Crippen LogP contribution is 2.39. The third-order valence-electron chi connectivity index (χ3n) is 6.99. The van der Waals surface area contributed by atoms with E-state index < -0.39 is 0 Å². The van der Waals surface area contributed by atoms with Crippen molar-refractivity contribution in [2.24, 2.45) is 5.41 Å². The summed E-state index contributed by atoms with van der Waals surface area (Å²) in [5.41, 5.74) is 1.15. The Labute approximate surface area is 182 Å². The zero-order valence-electron chi connectivity index (χ0n) is 19.4. The minimum atomic E-state index is -0.302. The van der Waals surface area contributed by atoms with E-state index in [1.54, 1.807) is 0 Å². The van der Waals surface area contributed by atoms with Gasteiger partial charge in [0.15, 0.2) is 0 Å². The van der Waals surface area contributed by atoms with Gasteiger partial charge in [0, 0.05) is 50.6 Å². The Morgan fingerprint density at radius 2 is 1.73 bits per heavy atom. The maximum absolute atomic E-state index is 12.6. The van der Waals surface area contributed by atoms with Crippen LogP contribution < -0.4 is 5.32 Å². The van der Waals surface area contributed by atoms with Crippen molar-refractivity contribution < 1.29 is 9.90 Å². The molecule has 3 atom stereocenters. The first-order valence-electron chi connectivity index (χ1n) is 11.6. The summed E-state index contributed by atoms with van der Waals surface area (Å²) in [6, 6.07) is 10.8. The lowest BCUT2D eigenvalue weighted by Gasteiger charge is -2.39. The van der Waals surface area contributed by atoms with Gasteiger partial charge in [0.1, 0.15) is 0 Å². The minimum absolute atomic E-state index is 0.0177. The van der Waals surface area contributed by atoms with E-state index in [0.717, 1.165) is 51.9 Å². The lowest BCUT2D eigenvalue weighted by atomic mass is 9.74. The largest absolute Gasteiger partial charge is 0.391 e. The molecular weight excluding hydrogens is 374 g/mol. The first-order chi connectivity index (χ1) is 14.2. The molecular formula is C25H41N3O2. The normalized spacial score (nSPS) is 29.4. The predicted octanol–water partition coefficient (Wildman–Crippen LogP) is 3.03. The fourth-order valence-electron chi connectivity index (χ4n) is 5.11. The Hall–Kier alpha value is -1.43. The Balaban J connectivity index is 1.75. The lowest BCUT2D eigenvalue weighted by molar-refractivity contribution is -0.123. The number of piperazine rings is 1. The fraction of sp³-hybridized carbons (Fsp3) is 0.720. The second kappa shape index (κ2) is 9.80. The summed E-state index contributed by atoms with van der Waals surface area (Å²) in [5, 5.41) is 14.3. The Morgan fingerprint density at radius 3 is 2.37 bits per heavy atom. The Bertz CT molecular complexity index is 679. The van der Waals surface area contributed by atoms with E-state index >= 15 is 0 Å². The number of nitrogens with one attached hydrogen (secondary N) is 1. The monoisotopic (exact) mass is 415 g/mol. The van der Waals surface area contributed by atoms with Crippen molar-refractivity contribution in [3.63, 3.8) is 0 Å². The van der Waals surface area contributed by atoms with Crippen LogP contribution in [0, 0.1) is 5.41 Å². The first-order valence-corrected chi connectivity index (χ1v) is 11.6. The molecule has 3 rings (SSSR count). The summed E-state index contributed by atoms with van der Waals surface area (Å²) in [4.78, 5) is 17.4. The predicted molar refractivity (Wildman–Crippen MR) is 123 cm³/mol. The summed E-state index contributed by atoms with van der Waals surface area (Å²) < 4.78 is 0. The highest BCUT2D eigenvalue weighted by molar-refractivity contribution is 5.76. The zero-order chi connectivity index (χ0) is 21.8. The number of aliphatic hydroxyl groups excluding tert-OH is 1. The number of benzene rings is 1. The minimum Gasteiger partial charge on any atom is -0.391 e. The lowest BCUT2D eigenvalue weighted by Crippen LogP contribution is -2.52. The van der Waals surface area contributed by atoms with E-state index in [4.69, 9.17) is 0 Å².